The van der Waals surface area contributed by atoms with Crippen molar-refractivity contribution in [3.63, 3.8) is 0 Å². The number of anilines is 1. The van der Waals surface area contributed by atoms with Gasteiger partial charge in [-0.15, -0.1) is 0 Å². The van der Waals surface area contributed by atoms with E-state index in [2.05, 4.69) is 4.98 Å². The molecule has 0 unspecified atom stereocenters. The van der Waals surface area contributed by atoms with E-state index < -0.39 is 11.6 Å². The number of aromatic nitrogens is 2. The Labute approximate surface area is 85.2 Å². The fourth-order valence-electron chi connectivity index (χ4n) is 1.31. The summed E-state index contributed by atoms with van der Waals surface area (Å²) in [6.07, 6.45) is 3.16. The van der Waals surface area contributed by atoms with Gasteiger partial charge in [-0.1, -0.05) is 6.07 Å². The van der Waals surface area contributed by atoms with E-state index in [-0.39, 0.29) is 0 Å². The normalized spacial score (nSPS) is 10.5. The molecule has 3 nitrogen and oxygen atoms in total. The molecular formula is C10H9F2N3. The van der Waals surface area contributed by atoms with Crippen molar-refractivity contribution in [2.24, 2.45) is 0 Å². The lowest BCUT2D eigenvalue weighted by molar-refractivity contribution is 0.506. The fraction of sp³-hybridized carbons (Fsp3) is 0.100. The Morgan fingerprint density at radius 1 is 1.27 bits per heavy atom. The monoisotopic (exact) mass is 209 g/mol. The fourth-order valence-corrected chi connectivity index (χ4v) is 1.31. The molecule has 0 amide bonds. The van der Waals surface area contributed by atoms with Crippen LogP contribution in [0.4, 0.5) is 14.6 Å². The second-order valence-electron chi connectivity index (χ2n) is 3.22. The summed E-state index contributed by atoms with van der Waals surface area (Å²) >= 11 is 0. The Morgan fingerprint density at radius 2 is 2.07 bits per heavy atom. The van der Waals surface area contributed by atoms with E-state index in [1.807, 2.05) is 0 Å². The van der Waals surface area contributed by atoms with Gasteiger partial charge in [-0.2, -0.15) is 0 Å². The number of hydrogen-bond acceptors (Lipinski definition) is 2. The highest BCUT2D eigenvalue weighted by atomic mass is 19.2. The Kier molecular flexibility index (Phi) is 2.37. The molecule has 0 bridgehead atoms. The number of imidazole rings is 1. The molecule has 0 spiro atoms. The number of halogens is 2. The number of benzene rings is 1. The number of nitrogen functional groups attached to an aromatic ring is 1. The maximum atomic E-state index is 12.9. The van der Waals surface area contributed by atoms with Crippen molar-refractivity contribution in [1.29, 1.82) is 0 Å². The van der Waals surface area contributed by atoms with Crippen molar-refractivity contribution in [3.05, 3.63) is 47.9 Å². The molecule has 1 heterocycles. The Morgan fingerprint density at radius 3 is 2.67 bits per heavy atom. The van der Waals surface area contributed by atoms with E-state index in [4.69, 9.17) is 5.73 Å². The molecule has 0 atom stereocenters. The number of rotatable bonds is 2. The topological polar surface area (TPSA) is 43.8 Å². The standard InChI is InChI=1S/C10H9F2N3/c11-8-2-1-7(3-9(8)12)4-15-5-10(13)14-6-15/h1-3,5-6H,4,13H2. The van der Waals surface area contributed by atoms with Crippen LogP contribution >= 0.6 is 0 Å². The summed E-state index contributed by atoms with van der Waals surface area (Å²) in [5, 5.41) is 0. The lowest BCUT2D eigenvalue weighted by atomic mass is 10.2. The molecule has 0 radical (unpaired) electrons. The molecular weight excluding hydrogens is 200 g/mol. The summed E-state index contributed by atoms with van der Waals surface area (Å²) in [7, 11) is 0. The van der Waals surface area contributed by atoms with Gasteiger partial charge in [-0.25, -0.2) is 13.8 Å². The summed E-state index contributed by atoms with van der Waals surface area (Å²) in [5.74, 6) is -1.29. The molecule has 0 aliphatic rings. The van der Waals surface area contributed by atoms with Crippen LogP contribution in [0.1, 0.15) is 5.56 Å². The highest BCUT2D eigenvalue weighted by Crippen LogP contribution is 2.10. The second-order valence-corrected chi connectivity index (χ2v) is 3.22. The van der Waals surface area contributed by atoms with Crippen molar-refractivity contribution in [2.75, 3.05) is 5.73 Å². The second kappa shape index (κ2) is 3.68. The van der Waals surface area contributed by atoms with E-state index in [0.717, 1.165) is 12.1 Å². The van der Waals surface area contributed by atoms with Crippen LogP contribution in [0.5, 0.6) is 0 Å². The Balaban J connectivity index is 2.21. The lowest BCUT2D eigenvalue weighted by Gasteiger charge is -2.02. The molecule has 5 heteroatoms. The minimum absolute atomic E-state index is 0.401. The summed E-state index contributed by atoms with van der Waals surface area (Å²) in [6, 6.07) is 3.78. The van der Waals surface area contributed by atoms with Crippen molar-refractivity contribution in [2.45, 2.75) is 6.54 Å². The molecule has 1 aromatic heterocycles. The van der Waals surface area contributed by atoms with Crippen LogP contribution in [0.2, 0.25) is 0 Å². The molecule has 2 N–H and O–H groups in total. The van der Waals surface area contributed by atoms with Gasteiger partial charge in [0, 0.05) is 12.7 Å². The van der Waals surface area contributed by atoms with Crippen LogP contribution in [0.3, 0.4) is 0 Å². The van der Waals surface area contributed by atoms with Crippen molar-refractivity contribution < 1.29 is 8.78 Å². The van der Waals surface area contributed by atoms with Gasteiger partial charge < -0.3 is 10.3 Å². The van der Waals surface area contributed by atoms with Crippen LogP contribution in [-0.2, 0) is 6.54 Å². The summed E-state index contributed by atoms with van der Waals surface area (Å²) in [5.41, 5.74) is 6.08. The van der Waals surface area contributed by atoms with Gasteiger partial charge in [0.25, 0.3) is 0 Å². The van der Waals surface area contributed by atoms with Crippen LogP contribution in [-0.4, -0.2) is 9.55 Å². The van der Waals surface area contributed by atoms with E-state index in [9.17, 15) is 8.78 Å². The zero-order chi connectivity index (χ0) is 10.8. The SMILES string of the molecule is Nc1cn(Cc2ccc(F)c(F)c2)cn1. The predicted octanol–water partition coefficient (Wildman–Crippen LogP) is 1.79. The Bertz CT molecular complexity index is 479. The van der Waals surface area contributed by atoms with Gasteiger partial charge >= 0.3 is 0 Å². The first-order valence-corrected chi connectivity index (χ1v) is 4.36. The molecule has 0 fully saturated rings. The molecule has 78 valence electrons. The average molecular weight is 209 g/mol. The number of nitrogens with two attached hydrogens (primary N) is 1. The van der Waals surface area contributed by atoms with E-state index in [1.54, 1.807) is 10.8 Å². The van der Waals surface area contributed by atoms with Gasteiger partial charge in [0.2, 0.25) is 0 Å². The van der Waals surface area contributed by atoms with Gasteiger partial charge in [-0.3, -0.25) is 0 Å². The molecule has 0 aliphatic carbocycles. The van der Waals surface area contributed by atoms with Crippen molar-refractivity contribution in [3.8, 4) is 0 Å². The van der Waals surface area contributed by atoms with Crippen LogP contribution in [0.15, 0.2) is 30.7 Å². The summed E-state index contributed by atoms with van der Waals surface area (Å²) in [6.45, 7) is 0.418. The maximum absolute atomic E-state index is 12.9. The third-order valence-electron chi connectivity index (χ3n) is 2.00. The van der Waals surface area contributed by atoms with Crippen LogP contribution in [0, 0.1) is 11.6 Å². The molecule has 0 saturated carbocycles. The first kappa shape index (κ1) is 9.64. The average Bonchev–Trinajstić information content (AvgIpc) is 2.58. The Hall–Kier alpha value is -1.91. The van der Waals surface area contributed by atoms with Gasteiger partial charge in [-0.05, 0) is 17.7 Å². The predicted molar refractivity (Wildman–Crippen MR) is 52.1 cm³/mol. The van der Waals surface area contributed by atoms with Crippen LogP contribution in [0.25, 0.3) is 0 Å². The maximum Gasteiger partial charge on any atom is 0.159 e. The third kappa shape index (κ3) is 2.12. The van der Waals surface area contributed by atoms with Crippen LogP contribution < -0.4 is 5.73 Å². The smallest absolute Gasteiger partial charge is 0.159 e. The molecule has 0 saturated heterocycles. The van der Waals surface area contributed by atoms with E-state index >= 15 is 0 Å². The molecule has 1 aromatic carbocycles. The van der Waals surface area contributed by atoms with E-state index in [0.29, 0.717) is 17.9 Å². The van der Waals surface area contributed by atoms with Gasteiger partial charge in [0.1, 0.15) is 5.82 Å². The molecule has 15 heavy (non-hydrogen) atoms. The largest absolute Gasteiger partial charge is 0.382 e. The zero-order valence-electron chi connectivity index (χ0n) is 7.82. The number of nitrogens with zero attached hydrogens (tertiary/aromatic N) is 2. The lowest BCUT2D eigenvalue weighted by Crippen LogP contribution is -1.98. The minimum Gasteiger partial charge on any atom is -0.382 e. The highest BCUT2D eigenvalue weighted by Gasteiger charge is 2.03. The molecule has 2 rings (SSSR count). The third-order valence-corrected chi connectivity index (χ3v) is 2.00. The quantitative estimate of drug-likeness (QED) is 0.819. The summed E-state index contributed by atoms with van der Waals surface area (Å²) < 4.78 is 27.2. The highest BCUT2D eigenvalue weighted by molar-refractivity contribution is 5.24. The zero-order valence-corrected chi connectivity index (χ0v) is 7.82. The molecule has 2 aromatic rings. The first-order valence-electron chi connectivity index (χ1n) is 4.36. The summed E-state index contributed by atoms with van der Waals surface area (Å²) in [4.78, 5) is 3.83. The van der Waals surface area contributed by atoms with Gasteiger partial charge in [0.05, 0.1) is 6.33 Å². The van der Waals surface area contributed by atoms with Crippen molar-refractivity contribution in [1.82, 2.24) is 9.55 Å². The minimum atomic E-state index is -0.847. The molecule has 0 aliphatic heterocycles. The van der Waals surface area contributed by atoms with Crippen molar-refractivity contribution >= 4 is 5.82 Å². The van der Waals surface area contributed by atoms with E-state index in [1.165, 1.54) is 12.4 Å². The first-order chi connectivity index (χ1) is 7.15. The van der Waals surface area contributed by atoms with Gasteiger partial charge in [0.15, 0.2) is 11.6 Å². The number of hydrogen-bond donors (Lipinski definition) is 1.